The number of pyridine rings is 1. The minimum absolute atomic E-state index is 0.0839. The molecule has 0 amide bonds. The molecule has 4 rings (SSSR count). The second-order valence-corrected chi connectivity index (χ2v) is 8.31. The molecule has 0 unspecified atom stereocenters. The Labute approximate surface area is 166 Å². The Balaban J connectivity index is 1.35. The molecular weight excluding hydrogens is 412 g/mol. The second-order valence-electron chi connectivity index (χ2n) is 7.52. The zero-order valence-corrected chi connectivity index (χ0v) is 16.8. The average molecular weight is 435 g/mol. The third-order valence-corrected chi connectivity index (χ3v) is 6.69. The van der Waals surface area contributed by atoms with Crippen molar-refractivity contribution in [1.29, 1.82) is 5.26 Å². The molecule has 0 atom stereocenters. The summed E-state index contributed by atoms with van der Waals surface area (Å²) in [5.41, 5.74) is 0.252. The number of nitrogens with zero attached hydrogens (tertiary/aromatic N) is 3. The van der Waals surface area contributed by atoms with Crippen LogP contribution in [0.4, 0.5) is 5.82 Å². The maximum Gasteiger partial charge on any atom is 0.204 e. The lowest BCUT2D eigenvalue weighted by atomic mass is 9.85. The maximum atomic E-state index is 9.48. The molecular formula is C19H23BrN4O3. The molecule has 144 valence electrons. The number of nitrogens with one attached hydrogen (secondary N) is 1. The van der Waals surface area contributed by atoms with Gasteiger partial charge in [-0.15, -0.1) is 0 Å². The molecule has 2 fully saturated rings. The lowest BCUT2D eigenvalue weighted by Gasteiger charge is -2.52. The molecule has 2 aromatic rings. The zero-order valence-electron chi connectivity index (χ0n) is 15.2. The molecule has 0 bridgehead atoms. The van der Waals surface area contributed by atoms with Crippen molar-refractivity contribution in [3.8, 4) is 6.07 Å². The van der Waals surface area contributed by atoms with Crippen LogP contribution in [0.15, 0.2) is 21.2 Å². The number of rotatable bonds is 5. The molecule has 1 aliphatic carbocycles. The maximum absolute atomic E-state index is 9.48. The standard InChI is InChI=1S/C19H23BrN4O3/c1-26-19(11-25)9-24(10-19)13-4-2-12(3-5-13)23-18-17(20)15-6-14(7-21)27-16(15)8-22-18/h6,8,12-13,25H,2-5,9-11H2,1H3,(H,22,23). The molecule has 3 heterocycles. The van der Waals surface area contributed by atoms with Gasteiger partial charge >= 0.3 is 0 Å². The predicted octanol–water partition coefficient (Wildman–Crippen LogP) is 2.88. The summed E-state index contributed by atoms with van der Waals surface area (Å²) in [6.45, 7) is 1.71. The van der Waals surface area contributed by atoms with Gasteiger partial charge in [-0.1, -0.05) is 0 Å². The van der Waals surface area contributed by atoms with E-state index >= 15 is 0 Å². The number of methoxy groups -OCH3 is 1. The predicted molar refractivity (Wildman–Crippen MR) is 104 cm³/mol. The van der Waals surface area contributed by atoms with Gasteiger partial charge in [0.2, 0.25) is 5.76 Å². The summed E-state index contributed by atoms with van der Waals surface area (Å²) in [6, 6.07) is 4.68. The molecule has 2 N–H and O–H groups in total. The number of aliphatic hydroxyl groups excluding tert-OH is 1. The normalized spacial score (nSPS) is 25.1. The van der Waals surface area contributed by atoms with Gasteiger partial charge in [0.15, 0.2) is 5.58 Å². The highest BCUT2D eigenvalue weighted by molar-refractivity contribution is 9.10. The zero-order chi connectivity index (χ0) is 19.0. The number of aliphatic hydroxyl groups is 1. The van der Waals surface area contributed by atoms with Gasteiger partial charge in [-0.05, 0) is 41.6 Å². The van der Waals surface area contributed by atoms with E-state index in [4.69, 9.17) is 14.4 Å². The number of ether oxygens (including phenoxy) is 1. The number of likely N-dealkylation sites (tertiary alicyclic amines) is 1. The first kappa shape index (κ1) is 18.7. The van der Waals surface area contributed by atoms with E-state index in [1.165, 1.54) is 0 Å². The van der Waals surface area contributed by atoms with Crippen molar-refractivity contribution >= 4 is 32.7 Å². The molecule has 2 aromatic heterocycles. The van der Waals surface area contributed by atoms with Gasteiger partial charge in [-0.2, -0.15) is 5.26 Å². The number of hydrogen-bond acceptors (Lipinski definition) is 7. The summed E-state index contributed by atoms with van der Waals surface area (Å²) in [4.78, 5) is 6.88. The Morgan fingerprint density at radius 3 is 2.81 bits per heavy atom. The molecule has 8 heteroatoms. The van der Waals surface area contributed by atoms with Crippen molar-refractivity contribution in [3.05, 3.63) is 22.5 Å². The van der Waals surface area contributed by atoms with Gasteiger partial charge in [0.25, 0.3) is 0 Å². The molecule has 2 aliphatic rings. The number of aromatic nitrogens is 1. The Morgan fingerprint density at radius 1 is 1.44 bits per heavy atom. The first-order valence-corrected chi connectivity index (χ1v) is 10.0. The van der Waals surface area contributed by atoms with Crippen LogP contribution in [-0.2, 0) is 4.74 Å². The summed E-state index contributed by atoms with van der Waals surface area (Å²) >= 11 is 3.59. The minimum Gasteiger partial charge on any atom is -0.444 e. The summed E-state index contributed by atoms with van der Waals surface area (Å²) in [5.74, 6) is 1.08. The van der Waals surface area contributed by atoms with Crippen LogP contribution in [0.2, 0.25) is 0 Å². The average Bonchev–Trinajstić information content (AvgIpc) is 3.09. The van der Waals surface area contributed by atoms with Crippen LogP contribution in [0.25, 0.3) is 11.0 Å². The van der Waals surface area contributed by atoms with Gasteiger partial charge in [0.05, 0.1) is 17.3 Å². The molecule has 27 heavy (non-hydrogen) atoms. The molecule has 0 aromatic carbocycles. The van der Waals surface area contributed by atoms with E-state index in [1.807, 2.05) is 6.07 Å². The van der Waals surface area contributed by atoms with Crippen LogP contribution in [0, 0.1) is 11.3 Å². The van der Waals surface area contributed by atoms with Crippen molar-refractivity contribution in [2.24, 2.45) is 0 Å². The highest BCUT2D eigenvalue weighted by Gasteiger charge is 2.46. The van der Waals surface area contributed by atoms with Crippen LogP contribution in [0.3, 0.4) is 0 Å². The van der Waals surface area contributed by atoms with Crippen LogP contribution in [0.1, 0.15) is 31.4 Å². The van der Waals surface area contributed by atoms with Crippen molar-refractivity contribution in [2.45, 2.75) is 43.4 Å². The second kappa shape index (κ2) is 7.40. The van der Waals surface area contributed by atoms with Crippen LogP contribution in [-0.4, -0.2) is 59.5 Å². The Kier molecular flexibility index (Phi) is 5.12. The summed E-state index contributed by atoms with van der Waals surface area (Å²) in [5, 5.41) is 22.9. The van der Waals surface area contributed by atoms with E-state index in [0.29, 0.717) is 17.7 Å². The van der Waals surface area contributed by atoms with E-state index in [0.717, 1.165) is 54.4 Å². The van der Waals surface area contributed by atoms with Crippen molar-refractivity contribution in [3.63, 3.8) is 0 Å². The van der Waals surface area contributed by atoms with Gasteiger partial charge in [-0.25, -0.2) is 4.98 Å². The van der Waals surface area contributed by atoms with Crippen LogP contribution in [0.5, 0.6) is 0 Å². The third-order valence-electron chi connectivity index (χ3n) is 5.88. The first-order chi connectivity index (χ1) is 13.1. The number of hydrogen-bond donors (Lipinski definition) is 2. The number of anilines is 1. The van der Waals surface area contributed by atoms with Crippen molar-refractivity contribution < 1.29 is 14.3 Å². The van der Waals surface area contributed by atoms with Crippen LogP contribution < -0.4 is 5.32 Å². The van der Waals surface area contributed by atoms with Crippen LogP contribution >= 0.6 is 15.9 Å². The van der Waals surface area contributed by atoms with E-state index in [-0.39, 0.29) is 18.0 Å². The molecule has 1 saturated heterocycles. The van der Waals surface area contributed by atoms with Crippen molar-refractivity contribution in [1.82, 2.24) is 9.88 Å². The fraction of sp³-hybridized carbons (Fsp3) is 0.579. The molecule has 1 aliphatic heterocycles. The Bertz CT molecular complexity index is 858. The van der Waals surface area contributed by atoms with Crippen molar-refractivity contribution in [2.75, 3.05) is 32.1 Å². The fourth-order valence-corrected chi connectivity index (χ4v) is 4.69. The third kappa shape index (κ3) is 3.45. The Morgan fingerprint density at radius 2 is 2.19 bits per heavy atom. The number of nitriles is 1. The van der Waals surface area contributed by atoms with E-state index < -0.39 is 0 Å². The topological polar surface area (TPSA) is 94.6 Å². The lowest BCUT2D eigenvalue weighted by Crippen LogP contribution is -2.67. The quantitative estimate of drug-likeness (QED) is 0.746. The number of furan rings is 1. The van der Waals surface area contributed by atoms with Gasteiger partial charge in [0, 0.05) is 43.7 Å². The monoisotopic (exact) mass is 434 g/mol. The SMILES string of the molecule is COC1(CO)CN(C2CCC(Nc3ncc4oc(C#N)cc4c3Br)CC2)C1. The fourth-order valence-electron chi connectivity index (χ4n) is 4.16. The van der Waals surface area contributed by atoms with E-state index in [1.54, 1.807) is 19.4 Å². The van der Waals surface area contributed by atoms with Gasteiger partial charge in [0.1, 0.15) is 17.5 Å². The molecule has 1 saturated carbocycles. The first-order valence-electron chi connectivity index (χ1n) is 9.22. The van der Waals surface area contributed by atoms with Gasteiger partial charge < -0.3 is 19.6 Å². The summed E-state index contributed by atoms with van der Waals surface area (Å²) in [7, 11) is 1.68. The number of fused-ring (bicyclic) bond motifs is 1. The smallest absolute Gasteiger partial charge is 0.204 e. The van der Waals surface area contributed by atoms with Gasteiger partial charge in [-0.3, -0.25) is 4.90 Å². The lowest BCUT2D eigenvalue weighted by molar-refractivity contribution is -0.163. The Hall–Kier alpha value is -1.66. The largest absolute Gasteiger partial charge is 0.444 e. The summed E-state index contributed by atoms with van der Waals surface area (Å²) in [6.07, 6.45) is 6.04. The number of halogens is 1. The molecule has 0 radical (unpaired) electrons. The summed E-state index contributed by atoms with van der Waals surface area (Å²) < 4.78 is 11.7. The highest BCUT2D eigenvalue weighted by atomic mass is 79.9. The molecule has 7 nitrogen and oxygen atoms in total. The molecule has 0 spiro atoms. The minimum atomic E-state index is -0.355. The highest BCUT2D eigenvalue weighted by Crippen LogP contribution is 2.35. The van der Waals surface area contributed by atoms with E-state index in [2.05, 4.69) is 31.1 Å². The van der Waals surface area contributed by atoms with E-state index in [9.17, 15) is 5.11 Å².